The molecule has 0 spiro atoms. The molecule has 2 heterocycles. The van der Waals surface area contributed by atoms with Crippen molar-refractivity contribution in [1.29, 1.82) is 0 Å². The number of benzene rings is 2. The summed E-state index contributed by atoms with van der Waals surface area (Å²) in [6.45, 7) is 3.62. The van der Waals surface area contributed by atoms with Gasteiger partial charge in [-0.15, -0.1) is 10.2 Å². The van der Waals surface area contributed by atoms with Crippen molar-refractivity contribution in [3.63, 3.8) is 0 Å². The van der Waals surface area contributed by atoms with Crippen LogP contribution < -0.4 is 10.2 Å². The van der Waals surface area contributed by atoms with Gasteiger partial charge in [0.15, 0.2) is 0 Å². The van der Waals surface area contributed by atoms with Crippen molar-refractivity contribution in [2.75, 3.05) is 4.90 Å². The van der Waals surface area contributed by atoms with E-state index in [1.807, 2.05) is 6.92 Å². The third-order valence-corrected chi connectivity index (χ3v) is 9.16. The van der Waals surface area contributed by atoms with Gasteiger partial charge in [0.05, 0.1) is 12.1 Å². The van der Waals surface area contributed by atoms with Crippen LogP contribution in [-0.2, 0) is 31.6 Å². The van der Waals surface area contributed by atoms with Crippen LogP contribution >= 0.6 is 0 Å². The Labute approximate surface area is 234 Å². The lowest BCUT2D eigenvalue weighted by Crippen LogP contribution is -2.51. The molecule has 0 bridgehead atoms. The number of aryl methyl sites for hydroxylation is 1. The number of carbonyl (C=O) groups excluding carboxylic acids is 1. The van der Waals surface area contributed by atoms with E-state index in [4.69, 9.17) is 0 Å². The fourth-order valence-electron chi connectivity index (χ4n) is 6.74. The smallest absolute Gasteiger partial charge is 0.321 e. The third kappa shape index (κ3) is 4.91. The zero-order valence-corrected chi connectivity index (χ0v) is 23.2. The Balaban J connectivity index is 1.34. The summed E-state index contributed by atoms with van der Waals surface area (Å²) in [4.78, 5) is 15.0. The number of alkyl halides is 5. The number of fused-ring (bicyclic) bond motifs is 1. The molecule has 1 amide bonds. The van der Waals surface area contributed by atoms with Gasteiger partial charge in [-0.05, 0) is 74.1 Å². The van der Waals surface area contributed by atoms with Gasteiger partial charge in [-0.2, -0.15) is 13.2 Å². The number of aromatic nitrogens is 3. The average Bonchev–Trinajstić information content (AvgIpc) is 3.42. The van der Waals surface area contributed by atoms with E-state index >= 15 is 0 Å². The lowest BCUT2D eigenvalue weighted by Gasteiger charge is -2.48. The minimum Gasteiger partial charge on any atom is -0.321 e. The molecule has 0 radical (unpaired) electrons. The molecule has 6 nitrogen and oxygen atoms in total. The number of carbonyl (C=O) groups is 1. The van der Waals surface area contributed by atoms with Gasteiger partial charge in [0.25, 0.3) is 5.91 Å². The first-order chi connectivity index (χ1) is 19.2. The van der Waals surface area contributed by atoms with Gasteiger partial charge in [0.2, 0.25) is 5.92 Å². The number of amides is 1. The quantitative estimate of drug-likeness (QED) is 0.328. The van der Waals surface area contributed by atoms with Crippen LogP contribution in [0.1, 0.15) is 90.4 Å². The molecule has 2 saturated carbocycles. The predicted octanol–water partition coefficient (Wildman–Crippen LogP) is 6.50. The molecule has 11 heteroatoms. The summed E-state index contributed by atoms with van der Waals surface area (Å²) < 4.78 is 73.1. The molecule has 41 heavy (non-hydrogen) atoms. The van der Waals surface area contributed by atoms with Gasteiger partial charge in [0, 0.05) is 54.6 Å². The topological polar surface area (TPSA) is 63.0 Å². The third-order valence-electron chi connectivity index (χ3n) is 9.16. The maximum absolute atomic E-state index is 14.3. The molecule has 2 fully saturated rings. The van der Waals surface area contributed by atoms with E-state index in [9.17, 15) is 26.7 Å². The van der Waals surface area contributed by atoms with Gasteiger partial charge in [-0.1, -0.05) is 12.1 Å². The second-order valence-electron chi connectivity index (χ2n) is 12.3. The first-order valence-corrected chi connectivity index (χ1v) is 13.8. The highest BCUT2D eigenvalue weighted by atomic mass is 19.4. The molecule has 1 aliphatic heterocycles. The van der Waals surface area contributed by atoms with Crippen LogP contribution in [0.15, 0.2) is 42.7 Å². The molecule has 3 aliphatic rings. The summed E-state index contributed by atoms with van der Waals surface area (Å²) in [5.74, 6) is -2.82. The lowest BCUT2D eigenvalue weighted by molar-refractivity contribution is -0.138. The Morgan fingerprint density at radius 2 is 1.85 bits per heavy atom. The van der Waals surface area contributed by atoms with Crippen LogP contribution in [-0.4, -0.2) is 32.1 Å². The fraction of sp³-hybridized carbons (Fsp3) is 0.500. The van der Waals surface area contributed by atoms with Crippen molar-refractivity contribution in [3.8, 4) is 0 Å². The maximum atomic E-state index is 14.3. The van der Waals surface area contributed by atoms with Crippen molar-refractivity contribution in [3.05, 3.63) is 76.4 Å². The molecular formula is C30H32F5N5O. The van der Waals surface area contributed by atoms with Crippen LogP contribution in [0.25, 0.3) is 0 Å². The number of nitrogens with one attached hydrogen (secondary N) is 1. The van der Waals surface area contributed by atoms with E-state index in [1.165, 1.54) is 11.2 Å². The van der Waals surface area contributed by atoms with E-state index in [0.717, 1.165) is 25.3 Å². The van der Waals surface area contributed by atoms with E-state index < -0.39 is 41.8 Å². The fourth-order valence-corrected chi connectivity index (χ4v) is 6.74. The predicted molar refractivity (Wildman–Crippen MR) is 143 cm³/mol. The minimum atomic E-state index is -4.64. The molecule has 0 saturated heterocycles. The van der Waals surface area contributed by atoms with E-state index in [-0.39, 0.29) is 35.7 Å². The van der Waals surface area contributed by atoms with Crippen molar-refractivity contribution in [2.24, 2.45) is 7.05 Å². The standard InChI is InChI=1S/C30H32F5N5O/c1-18(37-27(2)8-5-9-27)19-10-22-23(24(11-19)30(33,34)35)14-40(26(22)41)21-7-4-6-20(12-21)28(15-29(31,32)16-28)13-25-38-36-17-39(25)3/h4,6-7,10-12,17-18,37H,5,8-9,13-16H2,1-3H3/t18-/m1/s1. The number of halogens is 5. The van der Waals surface area contributed by atoms with Crippen LogP contribution in [0, 0.1) is 0 Å². The Kier molecular flexibility index (Phi) is 6.33. The Morgan fingerprint density at radius 1 is 1.12 bits per heavy atom. The van der Waals surface area contributed by atoms with E-state index in [2.05, 4.69) is 22.4 Å². The van der Waals surface area contributed by atoms with Crippen molar-refractivity contribution in [1.82, 2.24) is 20.1 Å². The highest BCUT2D eigenvalue weighted by Crippen LogP contribution is 2.55. The molecule has 3 aromatic rings. The number of nitrogens with zero attached hydrogens (tertiary/aromatic N) is 4. The van der Waals surface area contributed by atoms with Crippen molar-refractivity contribution >= 4 is 11.6 Å². The molecule has 1 aromatic heterocycles. The summed E-state index contributed by atoms with van der Waals surface area (Å²) >= 11 is 0. The maximum Gasteiger partial charge on any atom is 0.416 e. The molecule has 0 unspecified atom stereocenters. The van der Waals surface area contributed by atoms with Gasteiger partial charge in [-0.3, -0.25) is 4.79 Å². The Bertz CT molecular complexity index is 1500. The summed E-state index contributed by atoms with van der Waals surface area (Å²) in [5.41, 5.74) is -0.547. The van der Waals surface area contributed by atoms with Crippen LogP contribution in [0.4, 0.5) is 27.6 Å². The lowest BCUT2D eigenvalue weighted by atomic mass is 9.60. The first kappa shape index (κ1) is 27.8. The van der Waals surface area contributed by atoms with Gasteiger partial charge in [0.1, 0.15) is 12.2 Å². The Hall–Kier alpha value is -3.34. The highest BCUT2D eigenvalue weighted by Gasteiger charge is 2.57. The van der Waals surface area contributed by atoms with Gasteiger partial charge >= 0.3 is 6.18 Å². The summed E-state index contributed by atoms with van der Waals surface area (Å²) in [6, 6.07) is 9.03. The average molecular weight is 574 g/mol. The van der Waals surface area contributed by atoms with Gasteiger partial charge in [-0.25, -0.2) is 8.78 Å². The number of rotatable bonds is 7. The SMILES string of the molecule is C[C@@H](NC1(C)CCC1)c1cc2c(c(C(F)(F)F)c1)CN(c1cccc(C3(Cc4nncn4C)CC(F)(F)C3)c1)C2=O. The number of hydrogen-bond acceptors (Lipinski definition) is 4. The zero-order valence-electron chi connectivity index (χ0n) is 23.2. The van der Waals surface area contributed by atoms with E-state index in [1.54, 1.807) is 41.9 Å². The number of hydrogen-bond donors (Lipinski definition) is 1. The van der Waals surface area contributed by atoms with Crippen LogP contribution in [0.2, 0.25) is 0 Å². The minimum absolute atomic E-state index is 0.0246. The first-order valence-electron chi connectivity index (χ1n) is 13.8. The van der Waals surface area contributed by atoms with Crippen molar-refractivity contribution < 1.29 is 26.7 Å². The summed E-state index contributed by atoms with van der Waals surface area (Å²) in [7, 11) is 1.74. The summed E-state index contributed by atoms with van der Waals surface area (Å²) in [5, 5.41) is 11.4. The molecule has 2 aliphatic carbocycles. The molecule has 6 rings (SSSR count). The zero-order chi connectivity index (χ0) is 29.4. The van der Waals surface area contributed by atoms with Crippen LogP contribution in [0.3, 0.4) is 0 Å². The van der Waals surface area contributed by atoms with Gasteiger partial charge < -0.3 is 14.8 Å². The highest BCUT2D eigenvalue weighted by molar-refractivity contribution is 6.10. The molecular weight excluding hydrogens is 541 g/mol. The molecule has 1 atom stereocenters. The Morgan fingerprint density at radius 3 is 2.44 bits per heavy atom. The number of anilines is 1. The second-order valence-corrected chi connectivity index (χ2v) is 12.3. The largest absolute Gasteiger partial charge is 0.416 e. The molecule has 1 N–H and O–H groups in total. The normalized spacial score (nSPS) is 21.3. The molecule has 2 aromatic carbocycles. The van der Waals surface area contributed by atoms with E-state index in [0.29, 0.717) is 22.6 Å². The summed E-state index contributed by atoms with van der Waals surface area (Å²) in [6.07, 6.45) is -0.739. The molecule has 218 valence electrons. The monoisotopic (exact) mass is 573 g/mol. The van der Waals surface area contributed by atoms with Crippen molar-refractivity contribution in [2.45, 2.75) is 88.0 Å². The second kappa shape index (κ2) is 9.34. The van der Waals surface area contributed by atoms with Crippen LogP contribution in [0.5, 0.6) is 0 Å².